The molecule has 1 aromatic carbocycles. The topological polar surface area (TPSA) is 26.0 Å². The molecule has 1 unspecified atom stereocenters. The average Bonchev–Trinajstić information content (AvgIpc) is 2.07. The van der Waals surface area contributed by atoms with Crippen molar-refractivity contribution in [3.8, 4) is 0 Å². The molecular weight excluding hydrogens is 376 g/mol. The molecule has 0 spiro atoms. The zero-order valence-corrected chi connectivity index (χ0v) is 10.4. The minimum absolute atomic E-state index is 0.159. The van der Waals surface area contributed by atoms with Crippen LogP contribution in [-0.2, 0) is 16.5 Å². The van der Waals surface area contributed by atoms with Gasteiger partial charge in [0.05, 0.1) is 0 Å². The number of rotatable bonds is 1. The Morgan fingerprint density at radius 3 is 1.92 bits per heavy atom. The van der Waals surface area contributed by atoms with Gasteiger partial charge in [0.15, 0.2) is 0 Å². The molecule has 72 valence electrons. The summed E-state index contributed by atoms with van der Waals surface area (Å²) in [6.07, 6.45) is 0. The molecule has 0 bridgehead atoms. The number of hydrogen-bond donors (Lipinski definition) is 1. The van der Waals surface area contributed by atoms with Gasteiger partial charge in [-0.05, 0) is 12.5 Å². The zero-order chi connectivity index (χ0) is 9.40. The van der Waals surface area contributed by atoms with Gasteiger partial charge in [0.25, 0.3) is 0 Å². The molecule has 0 aliphatic carbocycles. The van der Waals surface area contributed by atoms with Crippen molar-refractivity contribution in [1.82, 2.24) is 0 Å². The van der Waals surface area contributed by atoms with Crippen molar-refractivity contribution < 1.29 is 16.5 Å². The van der Waals surface area contributed by atoms with Crippen LogP contribution in [0.1, 0.15) is 18.5 Å². The van der Waals surface area contributed by atoms with Crippen molar-refractivity contribution in [3.63, 3.8) is 0 Å². The minimum atomic E-state index is -0.472. The van der Waals surface area contributed by atoms with E-state index in [-0.39, 0.29) is 6.04 Å². The van der Waals surface area contributed by atoms with E-state index in [1.54, 1.807) is 0 Å². The Bertz CT molecular complexity index is 192. The van der Waals surface area contributed by atoms with Crippen molar-refractivity contribution in [1.29, 1.82) is 0 Å². The SMILES string of the molecule is CC(N)c1ccccc1.[Cl][Pt][Cl]. The molecule has 1 aromatic rings. The van der Waals surface area contributed by atoms with Gasteiger partial charge in [-0.1, -0.05) is 30.3 Å². The third-order valence-corrected chi connectivity index (χ3v) is 1.33. The summed E-state index contributed by atoms with van der Waals surface area (Å²) in [6.45, 7) is 1.98. The second-order valence-electron chi connectivity index (χ2n) is 2.24. The van der Waals surface area contributed by atoms with E-state index in [1.165, 1.54) is 5.56 Å². The fraction of sp³-hybridized carbons (Fsp3) is 0.250. The summed E-state index contributed by atoms with van der Waals surface area (Å²) in [5.74, 6) is 0. The van der Waals surface area contributed by atoms with Gasteiger partial charge in [0.1, 0.15) is 0 Å². The number of benzene rings is 1. The Labute approximate surface area is 89.6 Å². The molecule has 0 aliphatic heterocycles. The van der Waals surface area contributed by atoms with Crippen molar-refractivity contribution >= 4 is 18.8 Å². The van der Waals surface area contributed by atoms with Crippen molar-refractivity contribution in [2.75, 3.05) is 0 Å². The maximum absolute atomic E-state index is 5.61. The van der Waals surface area contributed by atoms with Crippen LogP contribution in [-0.4, -0.2) is 0 Å². The average molecular weight is 387 g/mol. The first-order valence-electron chi connectivity index (χ1n) is 3.35. The summed E-state index contributed by atoms with van der Waals surface area (Å²) in [5.41, 5.74) is 6.81. The van der Waals surface area contributed by atoms with Crippen LogP contribution < -0.4 is 5.73 Å². The fourth-order valence-corrected chi connectivity index (χ4v) is 0.757. The third-order valence-electron chi connectivity index (χ3n) is 1.33. The van der Waals surface area contributed by atoms with Crippen LogP contribution in [0.4, 0.5) is 0 Å². The van der Waals surface area contributed by atoms with Crippen LogP contribution in [0, 0.1) is 0 Å². The van der Waals surface area contributed by atoms with Crippen LogP contribution in [0.3, 0.4) is 0 Å². The Hall–Kier alpha value is 0.448. The molecule has 0 aliphatic rings. The second-order valence-corrected chi connectivity index (χ2v) is 5.53. The van der Waals surface area contributed by atoms with Gasteiger partial charge in [0.2, 0.25) is 0 Å². The third kappa shape index (κ3) is 6.02. The van der Waals surface area contributed by atoms with Crippen LogP contribution in [0.5, 0.6) is 0 Å². The van der Waals surface area contributed by atoms with Gasteiger partial charge in [-0.3, -0.25) is 0 Å². The predicted octanol–water partition coefficient (Wildman–Crippen LogP) is 3.08. The summed E-state index contributed by atoms with van der Waals surface area (Å²) < 4.78 is 0. The van der Waals surface area contributed by atoms with E-state index in [1.807, 2.05) is 37.3 Å². The van der Waals surface area contributed by atoms with Gasteiger partial charge in [-0.25, -0.2) is 0 Å². The van der Waals surface area contributed by atoms with Gasteiger partial charge < -0.3 is 5.73 Å². The molecule has 1 nitrogen and oxygen atoms in total. The molecule has 1 rings (SSSR count). The molecule has 0 saturated carbocycles. The first-order chi connectivity index (χ1) is 5.72. The van der Waals surface area contributed by atoms with E-state index in [4.69, 9.17) is 24.6 Å². The molecule has 0 radical (unpaired) electrons. The Morgan fingerprint density at radius 2 is 1.67 bits per heavy atom. The molecular formula is C8H11Cl2NPt. The van der Waals surface area contributed by atoms with E-state index in [0.717, 1.165) is 0 Å². The van der Waals surface area contributed by atoms with Crippen molar-refractivity contribution in [2.45, 2.75) is 13.0 Å². The van der Waals surface area contributed by atoms with E-state index < -0.39 is 16.5 Å². The number of nitrogens with two attached hydrogens (primary N) is 1. The molecule has 12 heavy (non-hydrogen) atoms. The molecule has 1 atom stereocenters. The second kappa shape index (κ2) is 8.07. The normalized spacial score (nSPS) is 11.7. The van der Waals surface area contributed by atoms with Crippen molar-refractivity contribution in [2.24, 2.45) is 5.73 Å². The van der Waals surface area contributed by atoms with Crippen LogP contribution in [0.2, 0.25) is 0 Å². The monoisotopic (exact) mass is 386 g/mol. The number of hydrogen-bond acceptors (Lipinski definition) is 1. The van der Waals surface area contributed by atoms with Crippen LogP contribution in [0.15, 0.2) is 30.3 Å². The van der Waals surface area contributed by atoms with Crippen LogP contribution >= 0.6 is 18.8 Å². The first kappa shape index (κ1) is 12.4. The Morgan fingerprint density at radius 1 is 1.25 bits per heavy atom. The van der Waals surface area contributed by atoms with E-state index in [0.29, 0.717) is 0 Å². The Balaban J connectivity index is 0.000000354. The quantitative estimate of drug-likeness (QED) is 0.788. The van der Waals surface area contributed by atoms with Crippen LogP contribution in [0.25, 0.3) is 0 Å². The van der Waals surface area contributed by atoms with E-state index >= 15 is 0 Å². The summed E-state index contributed by atoms with van der Waals surface area (Å²) in [7, 11) is 9.75. The summed E-state index contributed by atoms with van der Waals surface area (Å²) in [5, 5.41) is 0. The fourth-order valence-electron chi connectivity index (χ4n) is 0.757. The van der Waals surface area contributed by atoms with Gasteiger partial charge in [-0.2, -0.15) is 0 Å². The molecule has 0 fully saturated rings. The maximum atomic E-state index is 5.61. The molecule has 0 aromatic heterocycles. The van der Waals surface area contributed by atoms with E-state index in [9.17, 15) is 0 Å². The predicted molar refractivity (Wildman–Crippen MR) is 50.8 cm³/mol. The van der Waals surface area contributed by atoms with E-state index in [2.05, 4.69) is 0 Å². The summed E-state index contributed by atoms with van der Waals surface area (Å²) >= 11 is -0.472. The molecule has 0 amide bonds. The van der Waals surface area contributed by atoms with Gasteiger partial charge >= 0.3 is 35.3 Å². The standard InChI is InChI=1S/C8H11N.2ClH.Pt/c1-7(9)8-5-3-2-4-6-8;;;/h2-7H,9H2,1H3;2*1H;/q;;;+2/p-2. The van der Waals surface area contributed by atoms with Gasteiger partial charge in [-0.15, -0.1) is 0 Å². The zero-order valence-electron chi connectivity index (χ0n) is 6.61. The molecule has 2 N–H and O–H groups in total. The summed E-state index contributed by atoms with van der Waals surface area (Å²) in [4.78, 5) is 0. The van der Waals surface area contributed by atoms with Crippen molar-refractivity contribution in [3.05, 3.63) is 35.9 Å². The number of halogens is 2. The Kier molecular flexibility index (Phi) is 8.37. The molecule has 0 heterocycles. The van der Waals surface area contributed by atoms with Gasteiger partial charge in [0, 0.05) is 6.04 Å². The summed E-state index contributed by atoms with van der Waals surface area (Å²) in [6, 6.07) is 10.2. The molecule has 0 saturated heterocycles. The first-order valence-corrected chi connectivity index (χ1v) is 8.98. The molecule has 4 heteroatoms.